The van der Waals surface area contributed by atoms with E-state index in [1.807, 2.05) is 70.3 Å². The number of amides is 1. The summed E-state index contributed by atoms with van der Waals surface area (Å²) >= 11 is 1.50. The highest BCUT2D eigenvalue weighted by Crippen LogP contribution is 2.43. The van der Waals surface area contributed by atoms with Crippen molar-refractivity contribution in [3.63, 3.8) is 0 Å². The molecule has 0 saturated carbocycles. The van der Waals surface area contributed by atoms with Gasteiger partial charge < -0.3 is 19.6 Å². The van der Waals surface area contributed by atoms with Crippen molar-refractivity contribution in [1.82, 2.24) is 9.80 Å². The largest absolute Gasteiger partial charge is 0.507 e. The van der Waals surface area contributed by atoms with Crippen LogP contribution in [0, 0.1) is 13.8 Å². The van der Waals surface area contributed by atoms with Gasteiger partial charge in [-0.25, -0.2) is 0 Å². The Morgan fingerprint density at radius 3 is 2.44 bits per heavy atom. The van der Waals surface area contributed by atoms with E-state index < -0.39 is 17.7 Å². The second-order valence-corrected chi connectivity index (χ2v) is 9.78. The molecule has 1 aromatic carbocycles. The van der Waals surface area contributed by atoms with Gasteiger partial charge in [0.2, 0.25) is 0 Å². The first kappa shape index (κ1) is 24.0. The Morgan fingerprint density at radius 2 is 1.91 bits per heavy atom. The molecule has 0 radical (unpaired) electrons. The minimum atomic E-state index is -0.639. The number of Topliss-reactive ketones (excluding diaryl/α,β-unsaturated/α-hetero) is 1. The number of ketones is 1. The van der Waals surface area contributed by atoms with Gasteiger partial charge in [-0.15, -0.1) is 11.3 Å². The number of aliphatic hydroxyl groups is 1. The van der Waals surface area contributed by atoms with Crippen molar-refractivity contribution in [2.45, 2.75) is 39.7 Å². The third-order valence-corrected chi connectivity index (χ3v) is 7.00. The first-order valence-electron chi connectivity index (χ1n) is 10.7. The quantitative estimate of drug-likeness (QED) is 0.378. The molecule has 1 aromatic heterocycles. The summed E-state index contributed by atoms with van der Waals surface area (Å²) < 4.78 is 5.52. The van der Waals surface area contributed by atoms with Crippen molar-refractivity contribution < 1.29 is 19.4 Å². The summed E-state index contributed by atoms with van der Waals surface area (Å²) in [6.45, 7) is 8.95. The van der Waals surface area contributed by atoms with Crippen LogP contribution in [0.5, 0.6) is 5.75 Å². The molecule has 1 fully saturated rings. The monoisotopic (exact) mass is 456 g/mol. The molecule has 1 amide bonds. The Morgan fingerprint density at radius 1 is 1.22 bits per heavy atom. The van der Waals surface area contributed by atoms with E-state index in [4.69, 9.17) is 4.74 Å². The summed E-state index contributed by atoms with van der Waals surface area (Å²) in [6, 6.07) is 5.12. The molecule has 1 unspecified atom stereocenters. The van der Waals surface area contributed by atoms with Crippen LogP contribution in [-0.4, -0.2) is 60.9 Å². The summed E-state index contributed by atoms with van der Waals surface area (Å²) in [4.78, 5) is 30.7. The highest BCUT2D eigenvalue weighted by molar-refractivity contribution is 7.10. The highest BCUT2D eigenvalue weighted by Gasteiger charge is 2.47. The molecule has 172 valence electrons. The number of hydrogen-bond donors (Lipinski definition) is 1. The van der Waals surface area contributed by atoms with Crippen LogP contribution in [0.15, 0.2) is 29.2 Å². The number of aliphatic hydroxyl groups excluding tert-OH is 1. The van der Waals surface area contributed by atoms with Crippen LogP contribution >= 0.6 is 11.3 Å². The predicted octanol–water partition coefficient (Wildman–Crippen LogP) is 4.48. The van der Waals surface area contributed by atoms with Gasteiger partial charge in [-0.2, -0.15) is 0 Å². The molecule has 3 rings (SSSR count). The molecule has 0 bridgehead atoms. The van der Waals surface area contributed by atoms with E-state index in [-0.39, 0.29) is 17.3 Å². The van der Waals surface area contributed by atoms with Gasteiger partial charge in [0, 0.05) is 23.5 Å². The fourth-order valence-corrected chi connectivity index (χ4v) is 5.13. The van der Waals surface area contributed by atoms with Gasteiger partial charge in [0.25, 0.3) is 11.7 Å². The number of benzene rings is 1. The van der Waals surface area contributed by atoms with Crippen LogP contribution in [0.3, 0.4) is 0 Å². The van der Waals surface area contributed by atoms with Crippen LogP contribution in [0.2, 0.25) is 0 Å². The predicted molar refractivity (Wildman–Crippen MR) is 128 cm³/mol. The smallest absolute Gasteiger partial charge is 0.295 e. The van der Waals surface area contributed by atoms with Crippen LogP contribution in [0.4, 0.5) is 0 Å². The first-order chi connectivity index (χ1) is 15.1. The summed E-state index contributed by atoms with van der Waals surface area (Å²) in [7, 11) is 5.47. The number of carbonyl (C=O) groups is 2. The number of likely N-dealkylation sites (tertiary alicyclic amines) is 1. The number of thiophene rings is 1. The summed E-state index contributed by atoms with van der Waals surface area (Å²) in [5.74, 6) is -0.432. The third kappa shape index (κ3) is 4.32. The summed E-state index contributed by atoms with van der Waals surface area (Å²) in [6.07, 6.45) is 0. The lowest BCUT2D eigenvalue weighted by molar-refractivity contribution is -0.140. The van der Waals surface area contributed by atoms with Gasteiger partial charge in [-0.05, 0) is 74.1 Å². The lowest BCUT2D eigenvalue weighted by Gasteiger charge is -2.26. The Hall–Kier alpha value is -2.64. The van der Waals surface area contributed by atoms with Crippen molar-refractivity contribution in [2.24, 2.45) is 0 Å². The zero-order chi connectivity index (χ0) is 23.7. The average Bonchev–Trinajstić information content (AvgIpc) is 3.26. The number of aryl methyl sites for hydroxylation is 2. The van der Waals surface area contributed by atoms with Crippen molar-refractivity contribution in [3.8, 4) is 5.75 Å². The zero-order valence-corrected chi connectivity index (χ0v) is 20.7. The standard InChI is InChI=1S/C25H32N2O4S/c1-14(2)17-13-18(16(4)12-19(17)31-7)22(28)20-21(24-15(3)8-11-32-24)27(10-9-26(5)6)25(30)23(20)29/h8,11-14,21,28H,9-10H2,1-7H3/b22-20+. The van der Waals surface area contributed by atoms with Gasteiger partial charge in [-0.3, -0.25) is 9.59 Å². The van der Waals surface area contributed by atoms with E-state index in [1.165, 1.54) is 11.3 Å². The molecule has 2 aromatic rings. The molecule has 1 N–H and O–H groups in total. The lowest BCUT2D eigenvalue weighted by atomic mass is 9.92. The Bertz CT molecular complexity index is 1070. The molecule has 32 heavy (non-hydrogen) atoms. The maximum atomic E-state index is 13.2. The SMILES string of the molecule is COc1cc(C)c(/C(O)=C2\C(=O)C(=O)N(CCN(C)C)C2c2sccc2C)cc1C(C)C. The average molecular weight is 457 g/mol. The number of likely N-dealkylation sites (N-methyl/N-ethyl adjacent to an activating group) is 1. The minimum absolute atomic E-state index is 0.129. The number of rotatable bonds is 7. The Kier molecular flexibility index (Phi) is 7.10. The third-order valence-electron chi connectivity index (χ3n) is 5.93. The van der Waals surface area contributed by atoms with Crippen molar-refractivity contribution >= 4 is 28.8 Å². The molecule has 1 atom stereocenters. The molecule has 0 aliphatic carbocycles. The number of methoxy groups -OCH3 is 1. The molecular weight excluding hydrogens is 424 g/mol. The molecule has 1 aliphatic heterocycles. The fraction of sp³-hybridized carbons (Fsp3) is 0.440. The van der Waals surface area contributed by atoms with Gasteiger partial charge in [0.05, 0.1) is 18.7 Å². The van der Waals surface area contributed by atoms with Crippen molar-refractivity contribution in [2.75, 3.05) is 34.3 Å². The van der Waals surface area contributed by atoms with E-state index in [9.17, 15) is 14.7 Å². The Labute approximate surface area is 194 Å². The van der Waals surface area contributed by atoms with Gasteiger partial charge >= 0.3 is 0 Å². The van der Waals surface area contributed by atoms with Gasteiger partial charge in [-0.1, -0.05) is 13.8 Å². The van der Waals surface area contributed by atoms with Crippen LogP contribution in [0.25, 0.3) is 5.76 Å². The number of hydrogen-bond acceptors (Lipinski definition) is 6. The molecular formula is C25H32N2O4S. The van der Waals surface area contributed by atoms with Crippen LogP contribution in [0.1, 0.15) is 52.9 Å². The van der Waals surface area contributed by atoms with Gasteiger partial charge in [0.15, 0.2) is 0 Å². The van der Waals surface area contributed by atoms with Gasteiger partial charge in [0.1, 0.15) is 11.5 Å². The summed E-state index contributed by atoms with van der Waals surface area (Å²) in [5, 5.41) is 13.4. The normalized spacial score (nSPS) is 18.3. The van der Waals surface area contributed by atoms with Crippen LogP contribution in [-0.2, 0) is 9.59 Å². The minimum Gasteiger partial charge on any atom is -0.507 e. The number of ether oxygens (including phenoxy) is 1. The maximum absolute atomic E-state index is 13.2. The number of carbonyl (C=O) groups excluding carboxylic acids is 2. The summed E-state index contributed by atoms with van der Waals surface area (Å²) in [5.41, 5.74) is 3.42. The van der Waals surface area contributed by atoms with Crippen molar-refractivity contribution in [1.29, 1.82) is 0 Å². The van der Waals surface area contributed by atoms with Crippen LogP contribution < -0.4 is 4.74 Å². The molecule has 0 spiro atoms. The maximum Gasteiger partial charge on any atom is 0.295 e. The molecule has 1 saturated heterocycles. The van der Waals surface area contributed by atoms with E-state index in [0.29, 0.717) is 18.7 Å². The molecule has 6 nitrogen and oxygen atoms in total. The van der Waals surface area contributed by atoms with Crippen molar-refractivity contribution in [3.05, 3.63) is 56.3 Å². The zero-order valence-electron chi connectivity index (χ0n) is 19.9. The first-order valence-corrected chi connectivity index (χ1v) is 11.6. The Balaban J connectivity index is 2.23. The van der Waals surface area contributed by atoms with E-state index in [0.717, 1.165) is 27.3 Å². The van der Waals surface area contributed by atoms with E-state index in [1.54, 1.807) is 12.0 Å². The highest BCUT2D eigenvalue weighted by atomic mass is 32.1. The molecule has 7 heteroatoms. The topological polar surface area (TPSA) is 70.1 Å². The second-order valence-electron chi connectivity index (χ2n) is 8.83. The lowest BCUT2D eigenvalue weighted by Crippen LogP contribution is -2.35. The molecule has 1 aliphatic rings. The van der Waals surface area contributed by atoms with E-state index in [2.05, 4.69) is 0 Å². The van der Waals surface area contributed by atoms with E-state index >= 15 is 0 Å². The number of nitrogens with zero attached hydrogens (tertiary/aromatic N) is 2. The second kappa shape index (κ2) is 9.46. The fourth-order valence-electron chi connectivity index (χ4n) is 4.08. The molecule has 2 heterocycles.